The van der Waals surface area contributed by atoms with E-state index in [2.05, 4.69) is 42.9 Å². The first-order valence-corrected chi connectivity index (χ1v) is 5.29. The molecule has 0 radical (unpaired) electrons. The van der Waals surface area contributed by atoms with E-state index in [0.29, 0.717) is 0 Å². The zero-order valence-electron chi connectivity index (χ0n) is 9.03. The van der Waals surface area contributed by atoms with Crippen LogP contribution in [0, 0.1) is 0 Å². The normalized spacial score (nSPS) is 40.6. The van der Waals surface area contributed by atoms with Gasteiger partial charge in [-0.2, -0.15) is 0 Å². The van der Waals surface area contributed by atoms with Gasteiger partial charge >= 0.3 is 0 Å². The van der Waals surface area contributed by atoms with E-state index in [-0.39, 0.29) is 4.32 Å². The van der Waals surface area contributed by atoms with E-state index >= 15 is 0 Å². The van der Waals surface area contributed by atoms with Crippen molar-refractivity contribution in [1.82, 2.24) is 10.0 Å². The monoisotopic (exact) mass is 261 g/mol. The predicted octanol–water partition coefficient (Wildman–Crippen LogP) is 2.00. The number of nitrogens with zero attached hydrogens (tertiary/aromatic N) is 5. The van der Waals surface area contributed by atoms with Gasteiger partial charge in [-0.15, -0.1) is 0 Å². The van der Waals surface area contributed by atoms with Gasteiger partial charge in [-0.1, -0.05) is 28.0 Å². The van der Waals surface area contributed by atoms with E-state index in [1.807, 2.05) is 21.0 Å². The number of halogens is 1. The lowest BCUT2D eigenvalue weighted by molar-refractivity contribution is -0.0450. The van der Waals surface area contributed by atoms with Gasteiger partial charge in [-0.25, -0.2) is 10.0 Å². The van der Waals surface area contributed by atoms with Crippen LogP contribution in [0.5, 0.6) is 0 Å². The van der Waals surface area contributed by atoms with Gasteiger partial charge in [0.1, 0.15) is 0 Å². The highest BCUT2D eigenvalue weighted by molar-refractivity contribution is 9.10. The van der Waals surface area contributed by atoms with Crippen LogP contribution < -0.4 is 0 Å². The Bertz CT molecular complexity index is 273. The quantitative estimate of drug-likeness (QED) is 0.314. The van der Waals surface area contributed by atoms with E-state index < -0.39 is 5.54 Å². The Morgan fingerprint density at radius 1 is 1.29 bits per heavy atom. The van der Waals surface area contributed by atoms with Crippen molar-refractivity contribution in [2.45, 2.75) is 23.7 Å². The van der Waals surface area contributed by atoms with Gasteiger partial charge in [0.15, 0.2) is 0 Å². The number of azide groups is 1. The molecule has 14 heavy (non-hydrogen) atoms. The van der Waals surface area contributed by atoms with Gasteiger partial charge < -0.3 is 0 Å². The van der Waals surface area contributed by atoms with Crippen LogP contribution in [0.1, 0.15) is 13.8 Å². The number of hydrogen-bond acceptors (Lipinski definition) is 3. The lowest BCUT2D eigenvalue weighted by atomic mass is 9.85. The molecule has 0 spiro atoms. The summed E-state index contributed by atoms with van der Waals surface area (Å²) < 4.78 is -0.187. The third kappa shape index (κ3) is 1.88. The van der Waals surface area contributed by atoms with Crippen molar-refractivity contribution in [3.63, 3.8) is 0 Å². The van der Waals surface area contributed by atoms with Gasteiger partial charge in [0.05, 0.1) is 5.54 Å². The second kappa shape index (κ2) is 3.70. The fraction of sp³-hybridized carbons (Fsp3) is 1.00. The molecule has 0 unspecified atom stereocenters. The summed E-state index contributed by atoms with van der Waals surface area (Å²) in [6, 6.07) is 0. The number of hydrazine groups is 1. The molecule has 5 nitrogen and oxygen atoms in total. The van der Waals surface area contributed by atoms with Crippen molar-refractivity contribution in [3.8, 4) is 0 Å². The molecule has 1 aliphatic heterocycles. The number of hydrogen-bond donors (Lipinski definition) is 0. The molecule has 2 atom stereocenters. The Balaban J connectivity index is 3.00. The molecule has 0 amide bonds. The lowest BCUT2D eigenvalue weighted by Gasteiger charge is -2.50. The van der Waals surface area contributed by atoms with Crippen LogP contribution in [0.25, 0.3) is 10.4 Å². The molecule has 1 saturated heterocycles. The molecule has 0 aromatic rings. The number of likely N-dealkylation sites (N-methyl/N-ethyl adjacent to an activating group) is 1. The molecule has 0 aliphatic carbocycles. The van der Waals surface area contributed by atoms with Crippen molar-refractivity contribution in [3.05, 3.63) is 10.4 Å². The van der Waals surface area contributed by atoms with Crippen molar-refractivity contribution >= 4 is 15.9 Å². The number of rotatable bonds is 1. The van der Waals surface area contributed by atoms with E-state index in [1.54, 1.807) is 0 Å². The Kier molecular flexibility index (Phi) is 3.11. The zero-order chi connectivity index (χ0) is 11.0. The van der Waals surface area contributed by atoms with Gasteiger partial charge in [0.2, 0.25) is 0 Å². The van der Waals surface area contributed by atoms with E-state index in [0.717, 1.165) is 13.1 Å². The van der Waals surface area contributed by atoms with Crippen LogP contribution in [0.2, 0.25) is 0 Å². The second-order valence-electron chi connectivity index (χ2n) is 4.29. The van der Waals surface area contributed by atoms with Gasteiger partial charge in [0.25, 0.3) is 0 Å². The lowest BCUT2D eigenvalue weighted by Crippen LogP contribution is -2.64. The average Bonchev–Trinajstić information content (AvgIpc) is 2.01. The maximum atomic E-state index is 8.57. The molecule has 80 valence electrons. The van der Waals surface area contributed by atoms with Crippen LogP contribution >= 0.6 is 15.9 Å². The highest BCUT2D eigenvalue weighted by Gasteiger charge is 2.47. The highest BCUT2D eigenvalue weighted by Crippen LogP contribution is 2.39. The topological polar surface area (TPSA) is 55.2 Å². The SMILES string of the molecule is CN1C[C@](C)(Br)[C@@](C)(N=[N+]=[N-])CN1C. The summed E-state index contributed by atoms with van der Waals surface area (Å²) in [6.45, 7) is 5.57. The average molecular weight is 262 g/mol. The third-order valence-corrected chi connectivity index (χ3v) is 4.14. The van der Waals surface area contributed by atoms with E-state index in [9.17, 15) is 0 Å². The first-order valence-electron chi connectivity index (χ1n) is 4.50. The summed E-state index contributed by atoms with van der Waals surface area (Å²) in [4.78, 5) is 2.94. The maximum Gasteiger partial charge on any atom is 0.0763 e. The summed E-state index contributed by atoms with van der Waals surface area (Å²) >= 11 is 3.65. The Labute approximate surface area is 92.8 Å². The van der Waals surface area contributed by atoms with E-state index in [1.165, 1.54) is 0 Å². The van der Waals surface area contributed by atoms with Gasteiger partial charge in [-0.3, -0.25) is 0 Å². The number of alkyl halides is 1. The fourth-order valence-corrected chi connectivity index (χ4v) is 2.25. The summed E-state index contributed by atoms with van der Waals surface area (Å²) in [5, 5.41) is 8.10. The van der Waals surface area contributed by atoms with E-state index in [4.69, 9.17) is 5.53 Å². The zero-order valence-corrected chi connectivity index (χ0v) is 10.6. The summed E-state index contributed by atoms with van der Waals surface area (Å²) in [6.07, 6.45) is 0. The van der Waals surface area contributed by atoms with Gasteiger partial charge in [0, 0.05) is 36.4 Å². The highest BCUT2D eigenvalue weighted by atomic mass is 79.9. The minimum atomic E-state index is -0.414. The predicted molar refractivity (Wildman–Crippen MR) is 60.1 cm³/mol. The summed E-state index contributed by atoms with van der Waals surface area (Å²) in [5.74, 6) is 0. The molecular formula is C8H16BrN5. The molecule has 0 aromatic heterocycles. The van der Waals surface area contributed by atoms with Crippen molar-refractivity contribution in [2.24, 2.45) is 5.11 Å². The maximum absolute atomic E-state index is 8.57. The molecule has 1 rings (SSSR count). The Morgan fingerprint density at radius 3 is 2.29 bits per heavy atom. The van der Waals surface area contributed by atoms with Gasteiger partial charge in [-0.05, 0) is 12.5 Å². The minimum absolute atomic E-state index is 0.187. The summed E-state index contributed by atoms with van der Waals surface area (Å²) in [7, 11) is 4.02. The van der Waals surface area contributed by atoms with Crippen LogP contribution in [-0.4, -0.2) is 47.1 Å². The minimum Gasteiger partial charge on any atom is -0.244 e. The standard InChI is InChI=1S/C8H16BrN5/c1-7(9)5-13(3)14(4)6-8(7,2)11-12-10/h5-6H2,1-4H3/t7-,8-/m0/s1. The largest absolute Gasteiger partial charge is 0.244 e. The van der Waals surface area contributed by atoms with Crippen molar-refractivity contribution in [2.75, 3.05) is 27.2 Å². The Morgan fingerprint density at radius 2 is 1.79 bits per heavy atom. The second-order valence-corrected chi connectivity index (χ2v) is 6.04. The fourth-order valence-electron chi connectivity index (χ4n) is 1.69. The molecule has 1 fully saturated rings. The molecule has 1 aliphatic rings. The van der Waals surface area contributed by atoms with Crippen LogP contribution in [0.4, 0.5) is 0 Å². The molecule has 0 saturated carbocycles. The first kappa shape index (κ1) is 11.8. The van der Waals surface area contributed by atoms with Crippen LogP contribution in [0.15, 0.2) is 5.11 Å². The summed E-state index contributed by atoms with van der Waals surface area (Å²) in [5.41, 5.74) is 8.16. The first-order chi connectivity index (χ1) is 6.32. The van der Waals surface area contributed by atoms with Crippen molar-refractivity contribution < 1.29 is 0 Å². The Hall–Kier alpha value is -0.290. The molecule has 6 heteroatoms. The molecule has 0 N–H and O–H groups in total. The van der Waals surface area contributed by atoms with Crippen molar-refractivity contribution in [1.29, 1.82) is 0 Å². The third-order valence-electron chi connectivity index (χ3n) is 3.03. The van der Waals surface area contributed by atoms with Crippen LogP contribution in [0.3, 0.4) is 0 Å². The smallest absolute Gasteiger partial charge is 0.0763 e. The molecule has 0 bridgehead atoms. The van der Waals surface area contributed by atoms with Crippen LogP contribution in [-0.2, 0) is 0 Å². The molecular weight excluding hydrogens is 246 g/mol. The molecule has 0 aromatic carbocycles. The molecule has 1 heterocycles.